The van der Waals surface area contributed by atoms with Gasteiger partial charge in [0.2, 0.25) is 0 Å². The zero-order valence-electron chi connectivity index (χ0n) is 16.1. The van der Waals surface area contributed by atoms with Crippen LogP contribution in [0.4, 0.5) is 0 Å². The van der Waals surface area contributed by atoms with Crippen molar-refractivity contribution in [2.24, 2.45) is 0 Å². The second-order valence-electron chi connectivity index (χ2n) is 7.04. The molecule has 0 aromatic heterocycles. The highest BCUT2D eigenvalue weighted by atomic mass is 16.1. The number of carbonyl (C=O) groups is 1. The van der Waals surface area contributed by atoms with Crippen LogP contribution in [0.15, 0.2) is 78.9 Å². The van der Waals surface area contributed by atoms with E-state index in [1.807, 2.05) is 56.6 Å². The van der Waals surface area contributed by atoms with Crippen molar-refractivity contribution in [1.29, 1.82) is 0 Å². The van der Waals surface area contributed by atoms with Crippen molar-refractivity contribution in [1.82, 2.24) is 10.2 Å². The Bertz CT molecular complexity index is 869. The zero-order valence-corrected chi connectivity index (χ0v) is 16.1. The standard InChI is InChI=1S/C24H26N2O/c1-18-9-11-21(12-10-18)23(26(2)3)17-25-24(27)22-15-13-20(14-16-22)19-7-5-4-6-8-19/h4-16,23H,17H2,1-3H3,(H,25,27)/t23-/m0/s1. The normalized spacial score (nSPS) is 12.0. The molecule has 0 heterocycles. The number of hydrogen-bond acceptors (Lipinski definition) is 2. The number of rotatable bonds is 6. The minimum Gasteiger partial charge on any atom is -0.350 e. The van der Waals surface area contributed by atoms with Crippen molar-refractivity contribution in [3.05, 3.63) is 95.6 Å². The Morgan fingerprint density at radius 3 is 2.04 bits per heavy atom. The maximum atomic E-state index is 12.6. The third-order valence-electron chi connectivity index (χ3n) is 4.80. The monoisotopic (exact) mass is 358 g/mol. The van der Waals surface area contributed by atoms with Gasteiger partial charge < -0.3 is 10.2 Å². The van der Waals surface area contributed by atoms with E-state index in [4.69, 9.17) is 0 Å². The summed E-state index contributed by atoms with van der Waals surface area (Å²) in [6.45, 7) is 2.64. The second kappa shape index (κ2) is 8.65. The van der Waals surface area contributed by atoms with Gasteiger partial charge >= 0.3 is 0 Å². The van der Waals surface area contributed by atoms with Crippen LogP contribution in [-0.4, -0.2) is 31.4 Å². The molecular weight excluding hydrogens is 332 g/mol. The quantitative estimate of drug-likeness (QED) is 0.693. The number of nitrogens with zero attached hydrogens (tertiary/aromatic N) is 1. The van der Waals surface area contributed by atoms with Crippen LogP contribution in [0.5, 0.6) is 0 Å². The van der Waals surface area contributed by atoms with Crippen LogP contribution < -0.4 is 5.32 Å². The molecule has 3 rings (SSSR count). The Hall–Kier alpha value is -2.91. The molecule has 3 nitrogen and oxygen atoms in total. The Labute approximate surface area is 161 Å². The molecule has 0 aliphatic rings. The molecule has 3 heteroatoms. The van der Waals surface area contributed by atoms with Gasteiger partial charge in [-0.3, -0.25) is 4.79 Å². The van der Waals surface area contributed by atoms with E-state index in [1.165, 1.54) is 11.1 Å². The van der Waals surface area contributed by atoms with Crippen molar-refractivity contribution in [2.45, 2.75) is 13.0 Å². The number of hydrogen-bond donors (Lipinski definition) is 1. The van der Waals surface area contributed by atoms with Gasteiger partial charge in [-0.1, -0.05) is 72.3 Å². The molecule has 138 valence electrons. The maximum absolute atomic E-state index is 12.6. The molecule has 3 aromatic carbocycles. The minimum absolute atomic E-state index is 0.0476. The lowest BCUT2D eigenvalue weighted by atomic mass is 10.0. The summed E-state index contributed by atoms with van der Waals surface area (Å²) in [6, 6.07) is 26.5. The molecule has 1 amide bonds. The second-order valence-corrected chi connectivity index (χ2v) is 7.04. The highest BCUT2D eigenvalue weighted by Crippen LogP contribution is 2.20. The van der Waals surface area contributed by atoms with E-state index >= 15 is 0 Å². The van der Waals surface area contributed by atoms with Gasteiger partial charge in [-0.25, -0.2) is 0 Å². The SMILES string of the molecule is Cc1ccc([C@H](CNC(=O)c2ccc(-c3ccccc3)cc2)N(C)C)cc1. The average molecular weight is 358 g/mol. The molecule has 0 saturated heterocycles. The van der Waals surface area contributed by atoms with Gasteiger partial charge in [0.25, 0.3) is 5.91 Å². The zero-order chi connectivity index (χ0) is 19.2. The molecule has 0 aliphatic heterocycles. The van der Waals surface area contributed by atoms with Crippen LogP contribution in [0.1, 0.15) is 27.5 Å². The number of nitrogens with one attached hydrogen (secondary N) is 1. The van der Waals surface area contributed by atoms with Gasteiger partial charge in [0, 0.05) is 12.1 Å². The lowest BCUT2D eigenvalue weighted by molar-refractivity contribution is 0.0942. The van der Waals surface area contributed by atoms with Crippen LogP contribution >= 0.6 is 0 Å². The number of carbonyl (C=O) groups excluding carboxylic acids is 1. The molecule has 0 radical (unpaired) electrons. The molecule has 0 fully saturated rings. The summed E-state index contributed by atoms with van der Waals surface area (Å²) >= 11 is 0. The molecule has 0 spiro atoms. The molecule has 1 atom stereocenters. The Kier molecular flexibility index (Phi) is 6.05. The molecular formula is C24H26N2O. The minimum atomic E-state index is -0.0476. The third-order valence-corrected chi connectivity index (χ3v) is 4.80. The summed E-state index contributed by atoms with van der Waals surface area (Å²) in [5.41, 5.74) is 5.37. The summed E-state index contributed by atoms with van der Waals surface area (Å²) in [7, 11) is 4.07. The first kappa shape index (κ1) is 18.9. The number of benzene rings is 3. The van der Waals surface area contributed by atoms with Crippen LogP contribution in [0.25, 0.3) is 11.1 Å². The van der Waals surface area contributed by atoms with E-state index in [0.29, 0.717) is 12.1 Å². The van der Waals surface area contributed by atoms with Gasteiger partial charge in [0.05, 0.1) is 6.04 Å². The predicted molar refractivity (Wildman–Crippen MR) is 112 cm³/mol. The molecule has 0 unspecified atom stereocenters. The van der Waals surface area contributed by atoms with Crippen LogP contribution in [-0.2, 0) is 0 Å². The Morgan fingerprint density at radius 1 is 0.852 bits per heavy atom. The first-order valence-electron chi connectivity index (χ1n) is 9.21. The Balaban J connectivity index is 1.66. The lowest BCUT2D eigenvalue weighted by Gasteiger charge is -2.25. The summed E-state index contributed by atoms with van der Waals surface area (Å²) < 4.78 is 0. The first-order chi connectivity index (χ1) is 13.0. The van der Waals surface area contributed by atoms with Gasteiger partial charge in [-0.05, 0) is 49.8 Å². The van der Waals surface area contributed by atoms with Crippen molar-refractivity contribution < 1.29 is 4.79 Å². The molecule has 0 bridgehead atoms. The third kappa shape index (κ3) is 4.83. The van der Waals surface area contributed by atoms with E-state index in [2.05, 4.69) is 53.5 Å². The molecule has 0 aliphatic carbocycles. The molecule has 0 saturated carbocycles. The van der Waals surface area contributed by atoms with Gasteiger partial charge in [0.1, 0.15) is 0 Å². The molecule has 27 heavy (non-hydrogen) atoms. The summed E-state index contributed by atoms with van der Waals surface area (Å²) in [4.78, 5) is 14.7. The van der Waals surface area contributed by atoms with Gasteiger partial charge in [0.15, 0.2) is 0 Å². The van der Waals surface area contributed by atoms with Crippen LogP contribution in [0.3, 0.4) is 0 Å². The highest BCUT2D eigenvalue weighted by molar-refractivity contribution is 5.94. The smallest absolute Gasteiger partial charge is 0.251 e. The van der Waals surface area contributed by atoms with Crippen LogP contribution in [0.2, 0.25) is 0 Å². The average Bonchev–Trinajstić information content (AvgIpc) is 2.70. The topological polar surface area (TPSA) is 32.3 Å². The summed E-state index contributed by atoms with van der Waals surface area (Å²) in [5, 5.41) is 3.07. The van der Waals surface area contributed by atoms with Gasteiger partial charge in [-0.15, -0.1) is 0 Å². The largest absolute Gasteiger partial charge is 0.350 e. The first-order valence-corrected chi connectivity index (χ1v) is 9.21. The molecule has 1 N–H and O–H groups in total. The fourth-order valence-corrected chi connectivity index (χ4v) is 3.12. The Morgan fingerprint density at radius 2 is 1.44 bits per heavy atom. The number of aryl methyl sites for hydroxylation is 1. The highest BCUT2D eigenvalue weighted by Gasteiger charge is 2.16. The van der Waals surface area contributed by atoms with E-state index in [0.717, 1.165) is 11.1 Å². The fourth-order valence-electron chi connectivity index (χ4n) is 3.12. The van der Waals surface area contributed by atoms with Crippen LogP contribution in [0, 0.1) is 6.92 Å². The van der Waals surface area contributed by atoms with Crippen molar-refractivity contribution in [2.75, 3.05) is 20.6 Å². The maximum Gasteiger partial charge on any atom is 0.251 e. The van der Waals surface area contributed by atoms with E-state index in [9.17, 15) is 4.79 Å². The van der Waals surface area contributed by atoms with E-state index < -0.39 is 0 Å². The van der Waals surface area contributed by atoms with Gasteiger partial charge in [-0.2, -0.15) is 0 Å². The number of likely N-dealkylation sites (N-methyl/N-ethyl adjacent to an activating group) is 1. The van der Waals surface area contributed by atoms with E-state index in [1.54, 1.807) is 0 Å². The lowest BCUT2D eigenvalue weighted by Crippen LogP contribution is -2.34. The molecule has 3 aromatic rings. The summed E-state index contributed by atoms with van der Waals surface area (Å²) in [5.74, 6) is -0.0476. The van der Waals surface area contributed by atoms with Crippen molar-refractivity contribution in [3.8, 4) is 11.1 Å². The summed E-state index contributed by atoms with van der Waals surface area (Å²) in [6.07, 6.45) is 0. The predicted octanol–water partition coefficient (Wildman–Crippen LogP) is 4.69. The van der Waals surface area contributed by atoms with E-state index in [-0.39, 0.29) is 11.9 Å². The van der Waals surface area contributed by atoms with Crippen molar-refractivity contribution >= 4 is 5.91 Å². The number of amides is 1. The van der Waals surface area contributed by atoms with Crippen molar-refractivity contribution in [3.63, 3.8) is 0 Å². The fraction of sp³-hybridized carbons (Fsp3) is 0.208.